The van der Waals surface area contributed by atoms with Crippen LogP contribution in [-0.2, 0) is 0 Å². The van der Waals surface area contributed by atoms with Gasteiger partial charge >= 0.3 is 6.18 Å². The van der Waals surface area contributed by atoms with Crippen molar-refractivity contribution in [3.05, 3.63) is 12.2 Å². The summed E-state index contributed by atoms with van der Waals surface area (Å²) < 4.78 is 35.4. The van der Waals surface area contributed by atoms with Gasteiger partial charge in [0.25, 0.3) is 0 Å². The molecule has 0 bridgehead atoms. The summed E-state index contributed by atoms with van der Waals surface area (Å²) in [6, 6.07) is 0. The lowest BCUT2D eigenvalue weighted by Gasteiger charge is -2.09. The molecule has 0 nitrogen and oxygen atoms in total. The maximum absolute atomic E-state index is 11.8. The summed E-state index contributed by atoms with van der Waals surface area (Å²) in [5.41, 5.74) is 1.21. The maximum Gasteiger partial charge on any atom is 0.389 e. The van der Waals surface area contributed by atoms with Crippen LogP contribution in [0.3, 0.4) is 0 Å². The highest BCUT2D eigenvalue weighted by Crippen LogP contribution is 2.33. The molecule has 1 atom stereocenters. The molecular formula is C10H15F3. The van der Waals surface area contributed by atoms with E-state index in [-0.39, 0.29) is 6.42 Å². The molecule has 1 saturated carbocycles. The third-order valence-corrected chi connectivity index (χ3v) is 2.56. The zero-order chi connectivity index (χ0) is 9.90. The van der Waals surface area contributed by atoms with Crippen LogP contribution >= 0.6 is 0 Å². The Morgan fingerprint density at radius 1 is 1.38 bits per heavy atom. The van der Waals surface area contributed by atoms with E-state index in [2.05, 4.69) is 6.58 Å². The number of hydrogen-bond acceptors (Lipinski definition) is 0. The van der Waals surface area contributed by atoms with Crippen LogP contribution in [0.1, 0.15) is 38.5 Å². The summed E-state index contributed by atoms with van der Waals surface area (Å²) in [5.74, 6) is 0.467. The summed E-state index contributed by atoms with van der Waals surface area (Å²) in [5, 5.41) is 0. The number of allylic oxidation sites excluding steroid dienone is 1. The van der Waals surface area contributed by atoms with Crippen LogP contribution in [0.25, 0.3) is 0 Å². The minimum Gasteiger partial charge on any atom is -0.171 e. The zero-order valence-electron chi connectivity index (χ0n) is 7.66. The van der Waals surface area contributed by atoms with Crippen molar-refractivity contribution in [3.8, 4) is 0 Å². The second kappa shape index (κ2) is 4.16. The summed E-state index contributed by atoms with van der Waals surface area (Å²) in [6.07, 6.45) is -0.628. The molecule has 0 aliphatic heterocycles. The van der Waals surface area contributed by atoms with Gasteiger partial charge in [-0.1, -0.05) is 12.2 Å². The molecule has 0 amide bonds. The standard InChI is InChI=1S/C10H15F3/c1-8-4-5-9(7-8)3-2-6-10(11,12)13/h9H,1-7H2. The highest BCUT2D eigenvalue weighted by atomic mass is 19.4. The van der Waals surface area contributed by atoms with E-state index in [1.54, 1.807) is 0 Å². The summed E-state index contributed by atoms with van der Waals surface area (Å²) >= 11 is 0. The average Bonchev–Trinajstić information content (AvgIpc) is 2.33. The molecule has 0 aromatic carbocycles. The van der Waals surface area contributed by atoms with Crippen molar-refractivity contribution in [1.29, 1.82) is 0 Å². The Hall–Kier alpha value is -0.470. The second-order valence-electron chi connectivity index (χ2n) is 3.87. The molecule has 0 spiro atoms. The van der Waals surface area contributed by atoms with Crippen molar-refractivity contribution in [3.63, 3.8) is 0 Å². The van der Waals surface area contributed by atoms with Crippen molar-refractivity contribution >= 4 is 0 Å². The first kappa shape index (κ1) is 10.6. The molecule has 13 heavy (non-hydrogen) atoms. The molecule has 0 N–H and O–H groups in total. The van der Waals surface area contributed by atoms with Gasteiger partial charge in [0.1, 0.15) is 0 Å². The molecular weight excluding hydrogens is 177 g/mol. The minimum atomic E-state index is -3.98. The predicted octanol–water partition coefficient (Wildman–Crippen LogP) is 4.08. The Kier molecular flexibility index (Phi) is 3.40. The smallest absolute Gasteiger partial charge is 0.171 e. The first-order chi connectivity index (χ1) is 5.97. The fraction of sp³-hybridized carbons (Fsp3) is 0.800. The van der Waals surface area contributed by atoms with Crippen molar-refractivity contribution in [1.82, 2.24) is 0 Å². The Morgan fingerprint density at radius 2 is 2.08 bits per heavy atom. The summed E-state index contributed by atoms with van der Waals surface area (Å²) in [4.78, 5) is 0. The molecule has 0 radical (unpaired) electrons. The molecule has 0 aromatic rings. The van der Waals surface area contributed by atoms with E-state index in [4.69, 9.17) is 0 Å². The summed E-state index contributed by atoms with van der Waals surface area (Å²) in [6.45, 7) is 3.84. The van der Waals surface area contributed by atoms with Crippen LogP contribution in [0.5, 0.6) is 0 Å². The lowest BCUT2D eigenvalue weighted by atomic mass is 10.0. The normalized spacial score (nSPS) is 23.9. The van der Waals surface area contributed by atoms with Gasteiger partial charge in [0.2, 0.25) is 0 Å². The number of hydrogen-bond donors (Lipinski definition) is 0. The van der Waals surface area contributed by atoms with Crippen LogP contribution in [0, 0.1) is 5.92 Å². The van der Waals surface area contributed by atoms with Gasteiger partial charge < -0.3 is 0 Å². The van der Waals surface area contributed by atoms with Gasteiger partial charge in [0.05, 0.1) is 0 Å². The monoisotopic (exact) mass is 192 g/mol. The van der Waals surface area contributed by atoms with Gasteiger partial charge in [-0.3, -0.25) is 0 Å². The Labute approximate surface area is 76.8 Å². The highest BCUT2D eigenvalue weighted by Gasteiger charge is 2.27. The predicted molar refractivity (Wildman–Crippen MR) is 46.4 cm³/mol. The molecule has 1 fully saturated rings. The van der Waals surface area contributed by atoms with Crippen molar-refractivity contribution in [2.24, 2.45) is 5.92 Å². The average molecular weight is 192 g/mol. The van der Waals surface area contributed by atoms with Crippen LogP contribution in [0.2, 0.25) is 0 Å². The maximum atomic E-state index is 11.8. The molecule has 3 heteroatoms. The molecule has 0 saturated heterocycles. The van der Waals surface area contributed by atoms with Gasteiger partial charge in [-0.05, 0) is 38.0 Å². The van der Waals surface area contributed by atoms with E-state index in [0.717, 1.165) is 19.3 Å². The van der Waals surface area contributed by atoms with Gasteiger partial charge in [-0.25, -0.2) is 0 Å². The lowest BCUT2D eigenvalue weighted by Crippen LogP contribution is -2.07. The third-order valence-electron chi connectivity index (χ3n) is 2.56. The third kappa shape index (κ3) is 4.34. The number of alkyl halides is 3. The van der Waals surface area contributed by atoms with Crippen molar-refractivity contribution < 1.29 is 13.2 Å². The van der Waals surface area contributed by atoms with Gasteiger partial charge in [-0.15, -0.1) is 0 Å². The lowest BCUT2D eigenvalue weighted by molar-refractivity contribution is -0.136. The molecule has 1 rings (SSSR count). The van der Waals surface area contributed by atoms with E-state index in [1.165, 1.54) is 5.57 Å². The number of halogens is 3. The molecule has 1 aliphatic carbocycles. The largest absolute Gasteiger partial charge is 0.389 e. The molecule has 0 heterocycles. The van der Waals surface area contributed by atoms with E-state index in [1.807, 2.05) is 0 Å². The molecule has 76 valence electrons. The topological polar surface area (TPSA) is 0 Å². The van der Waals surface area contributed by atoms with E-state index in [0.29, 0.717) is 12.3 Å². The minimum absolute atomic E-state index is 0.279. The van der Waals surface area contributed by atoms with Crippen LogP contribution < -0.4 is 0 Å². The molecule has 1 unspecified atom stereocenters. The Morgan fingerprint density at radius 3 is 2.54 bits per heavy atom. The van der Waals surface area contributed by atoms with Gasteiger partial charge in [0, 0.05) is 6.42 Å². The van der Waals surface area contributed by atoms with Crippen LogP contribution in [-0.4, -0.2) is 6.18 Å². The number of rotatable bonds is 3. The zero-order valence-corrected chi connectivity index (χ0v) is 7.66. The van der Waals surface area contributed by atoms with Gasteiger partial charge in [-0.2, -0.15) is 13.2 Å². The highest BCUT2D eigenvalue weighted by molar-refractivity contribution is 5.01. The van der Waals surface area contributed by atoms with Crippen LogP contribution in [0.15, 0.2) is 12.2 Å². The van der Waals surface area contributed by atoms with E-state index >= 15 is 0 Å². The van der Waals surface area contributed by atoms with E-state index < -0.39 is 12.6 Å². The Bertz CT molecular complexity index is 181. The van der Waals surface area contributed by atoms with Gasteiger partial charge in [0.15, 0.2) is 0 Å². The quantitative estimate of drug-likeness (QED) is 0.591. The first-order valence-corrected chi connectivity index (χ1v) is 4.71. The second-order valence-corrected chi connectivity index (χ2v) is 3.87. The summed E-state index contributed by atoms with van der Waals surface area (Å²) in [7, 11) is 0. The van der Waals surface area contributed by atoms with Crippen LogP contribution in [0.4, 0.5) is 13.2 Å². The van der Waals surface area contributed by atoms with Crippen molar-refractivity contribution in [2.75, 3.05) is 0 Å². The first-order valence-electron chi connectivity index (χ1n) is 4.71. The van der Waals surface area contributed by atoms with E-state index in [9.17, 15) is 13.2 Å². The SMILES string of the molecule is C=C1CCC(CCCC(F)(F)F)C1. The Balaban J connectivity index is 2.10. The fourth-order valence-corrected chi connectivity index (χ4v) is 1.86. The fourth-order valence-electron chi connectivity index (χ4n) is 1.86. The molecule has 1 aliphatic rings. The van der Waals surface area contributed by atoms with Crippen molar-refractivity contribution in [2.45, 2.75) is 44.7 Å². The molecule has 0 aromatic heterocycles.